The zero-order chi connectivity index (χ0) is 21.1. The van der Waals surface area contributed by atoms with Crippen LogP contribution in [-0.2, 0) is 19.2 Å². The third-order valence-electron chi connectivity index (χ3n) is 5.31. The summed E-state index contributed by atoms with van der Waals surface area (Å²) < 4.78 is 1.89. The number of thioether (sulfide) groups is 1. The number of aromatic nitrogens is 3. The first-order valence-electron chi connectivity index (χ1n) is 10.0. The van der Waals surface area contributed by atoms with Gasteiger partial charge in [0.15, 0.2) is 5.16 Å². The minimum atomic E-state index is -0.188. The van der Waals surface area contributed by atoms with Crippen molar-refractivity contribution in [3.8, 4) is 0 Å². The van der Waals surface area contributed by atoms with Gasteiger partial charge in [-0.1, -0.05) is 35.5 Å². The van der Waals surface area contributed by atoms with E-state index in [1.165, 1.54) is 22.3 Å². The highest BCUT2D eigenvalue weighted by Gasteiger charge is 2.18. The largest absolute Gasteiger partial charge is 0.312 e. The average Bonchev–Trinajstić information content (AvgIpc) is 3.15. The van der Waals surface area contributed by atoms with Gasteiger partial charge in [-0.05, 0) is 68.0 Å². The number of carbonyl (C=O) groups excluding carboxylic acids is 1. The molecule has 0 saturated carbocycles. The Morgan fingerprint density at radius 1 is 1.20 bits per heavy atom. The van der Waals surface area contributed by atoms with Gasteiger partial charge in [0.25, 0.3) is 5.91 Å². The Bertz CT molecular complexity index is 1100. The number of benzene rings is 2. The fourth-order valence-electron chi connectivity index (χ4n) is 3.76. The van der Waals surface area contributed by atoms with Gasteiger partial charge in [-0.15, -0.1) is 10.2 Å². The summed E-state index contributed by atoms with van der Waals surface area (Å²) in [4.78, 5) is 12.6. The highest BCUT2D eigenvalue weighted by molar-refractivity contribution is 7.98. The molecule has 1 aliphatic rings. The number of nitrogens with one attached hydrogen (secondary N) is 1. The van der Waals surface area contributed by atoms with Gasteiger partial charge in [-0.3, -0.25) is 4.79 Å². The minimum Gasteiger partial charge on any atom is -0.312 e. The smallest absolute Gasteiger partial charge is 0.271 e. The number of nitrogens with zero attached hydrogens (tertiary/aromatic N) is 4. The van der Waals surface area contributed by atoms with E-state index >= 15 is 0 Å². The molecule has 0 unspecified atom stereocenters. The predicted octanol–water partition coefficient (Wildman–Crippen LogP) is 4.19. The molecule has 7 heteroatoms. The first-order valence-corrected chi connectivity index (χ1v) is 11.0. The molecule has 4 rings (SSSR count). The molecule has 0 saturated heterocycles. The minimum absolute atomic E-state index is 0.188. The Morgan fingerprint density at radius 3 is 2.73 bits per heavy atom. The number of hydrogen-bond donors (Lipinski definition) is 1. The summed E-state index contributed by atoms with van der Waals surface area (Å²) in [5.41, 5.74) is 10.5. The van der Waals surface area contributed by atoms with Gasteiger partial charge in [0.2, 0.25) is 0 Å². The van der Waals surface area contributed by atoms with Crippen LogP contribution in [0.4, 0.5) is 0 Å². The van der Waals surface area contributed by atoms with Gasteiger partial charge in [-0.2, -0.15) is 5.10 Å². The van der Waals surface area contributed by atoms with E-state index in [9.17, 15) is 4.79 Å². The number of carbonyl (C=O) groups is 1. The van der Waals surface area contributed by atoms with Crippen molar-refractivity contribution in [1.29, 1.82) is 0 Å². The number of fused-ring (bicyclic) bond motifs is 1. The molecule has 154 valence electrons. The van der Waals surface area contributed by atoms with Crippen LogP contribution in [0, 0.1) is 13.8 Å². The van der Waals surface area contributed by atoms with Gasteiger partial charge in [-0.25, -0.2) is 5.43 Å². The lowest BCUT2D eigenvalue weighted by Gasteiger charge is -2.20. The highest BCUT2D eigenvalue weighted by Crippen LogP contribution is 2.26. The lowest BCUT2D eigenvalue weighted by atomic mass is 9.86. The van der Waals surface area contributed by atoms with Crippen molar-refractivity contribution in [1.82, 2.24) is 20.2 Å². The van der Waals surface area contributed by atoms with Crippen molar-refractivity contribution in [3.63, 3.8) is 0 Å². The topological polar surface area (TPSA) is 72.2 Å². The maximum atomic E-state index is 12.6. The molecule has 1 aromatic heterocycles. The fourth-order valence-corrected chi connectivity index (χ4v) is 4.60. The van der Waals surface area contributed by atoms with Crippen LogP contribution in [0.15, 0.2) is 53.0 Å². The van der Waals surface area contributed by atoms with Crippen LogP contribution >= 0.6 is 11.8 Å². The molecule has 0 radical (unpaired) electrons. The molecule has 30 heavy (non-hydrogen) atoms. The summed E-state index contributed by atoms with van der Waals surface area (Å²) >= 11 is 1.61. The van der Waals surface area contributed by atoms with Crippen LogP contribution in [0.3, 0.4) is 0 Å². The molecule has 2 aromatic carbocycles. The quantitative estimate of drug-likeness (QED) is 0.497. The number of aryl methyl sites for hydroxylation is 3. The second-order valence-electron chi connectivity index (χ2n) is 7.67. The predicted molar refractivity (Wildman–Crippen MR) is 120 cm³/mol. The normalized spacial score (nSPS) is 14.6. The van der Waals surface area contributed by atoms with Crippen molar-refractivity contribution >= 4 is 23.4 Å². The van der Waals surface area contributed by atoms with Crippen LogP contribution < -0.4 is 5.43 Å². The van der Waals surface area contributed by atoms with E-state index in [-0.39, 0.29) is 5.91 Å². The van der Waals surface area contributed by atoms with E-state index < -0.39 is 0 Å². The zero-order valence-electron chi connectivity index (χ0n) is 17.5. The standard InChI is InChI=1S/C23H25N5OS/c1-15-11-16(2)19-5-4-6-21(20(19)12-15)25-26-22(29)18-9-7-17(8-10-18)13-30-23-27-24-14-28(23)3/h7-12,14H,4-6,13H2,1-3H3,(H,26,29). The van der Waals surface area contributed by atoms with Gasteiger partial charge in [0, 0.05) is 23.9 Å². The summed E-state index contributed by atoms with van der Waals surface area (Å²) in [6.45, 7) is 4.25. The summed E-state index contributed by atoms with van der Waals surface area (Å²) in [5.74, 6) is 0.582. The molecular formula is C23H25N5OS. The molecule has 0 fully saturated rings. The van der Waals surface area contributed by atoms with Crippen LogP contribution in [0.1, 0.15) is 51.0 Å². The van der Waals surface area contributed by atoms with Gasteiger partial charge in [0.1, 0.15) is 6.33 Å². The van der Waals surface area contributed by atoms with E-state index in [0.29, 0.717) is 5.56 Å². The molecule has 3 aromatic rings. The number of hydrogen-bond acceptors (Lipinski definition) is 5. The highest BCUT2D eigenvalue weighted by atomic mass is 32.2. The van der Waals surface area contributed by atoms with Gasteiger partial charge < -0.3 is 4.57 Å². The number of rotatable bonds is 5. The third kappa shape index (κ3) is 4.46. The Morgan fingerprint density at radius 2 is 2.00 bits per heavy atom. The molecule has 1 N–H and O–H groups in total. The van der Waals surface area contributed by atoms with Crippen LogP contribution in [0.25, 0.3) is 0 Å². The Labute approximate surface area is 180 Å². The summed E-state index contributed by atoms with van der Waals surface area (Å²) in [6.07, 6.45) is 4.70. The molecule has 0 aliphatic heterocycles. The monoisotopic (exact) mass is 419 g/mol. The second-order valence-corrected chi connectivity index (χ2v) is 8.61. The Balaban J connectivity index is 1.42. The molecule has 0 atom stereocenters. The van der Waals surface area contributed by atoms with E-state index in [1.807, 2.05) is 35.9 Å². The molecule has 6 nitrogen and oxygen atoms in total. The summed E-state index contributed by atoms with van der Waals surface area (Å²) in [6, 6.07) is 12.0. The second kappa shape index (κ2) is 8.83. The molecular weight excluding hydrogens is 394 g/mol. The molecule has 0 spiro atoms. The van der Waals surface area contributed by atoms with Crippen LogP contribution in [0.2, 0.25) is 0 Å². The Hall–Kier alpha value is -2.93. The van der Waals surface area contributed by atoms with Gasteiger partial charge >= 0.3 is 0 Å². The van der Waals surface area contributed by atoms with Crippen LogP contribution in [-0.4, -0.2) is 26.4 Å². The van der Waals surface area contributed by atoms with Crippen molar-refractivity contribution in [2.75, 3.05) is 0 Å². The number of hydrazone groups is 1. The van der Waals surface area contributed by atoms with Crippen LogP contribution in [0.5, 0.6) is 0 Å². The summed E-state index contributed by atoms with van der Waals surface area (Å²) in [5, 5.41) is 13.3. The number of amides is 1. The Kier molecular flexibility index (Phi) is 5.99. The van der Waals surface area contributed by atoms with E-state index in [2.05, 4.69) is 46.7 Å². The van der Waals surface area contributed by atoms with E-state index in [1.54, 1.807) is 18.1 Å². The first kappa shape index (κ1) is 20.3. The lowest BCUT2D eigenvalue weighted by Crippen LogP contribution is -2.22. The fraction of sp³-hybridized carbons (Fsp3) is 0.304. The van der Waals surface area contributed by atoms with Crippen molar-refractivity contribution in [3.05, 3.63) is 76.1 Å². The van der Waals surface area contributed by atoms with E-state index in [4.69, 9.17) is 0 Å². The zero-order valence-corrected chi connectivity index (χ0v) is 18.3. The maximum Gasteiger partial charge on any atom is 0.271 e. The van der Waals surface area contributed by atoms with Crippen molar-refractivity contribution < 1.29 is 4.79 Å². The molecule has 1 amide bonds. The lowest BCUT2D eigenvalue weighted by molar-refractivity contribution is 0.0954. The third-order valence-corrected chi connectivity index (χ3v) is 6.42. The first-order chi connectivity index (χ1) is 14.5. The van der Waals surface area contributed by atoms with Gasteiger partial charge in [0.05, 0.1) is 5.71 Å². The van der Waals surface area contributed by atoms with E-state index in [0.717, 1.165) is 41.4 Å². The average molecular weight is 420 g/mol. The maximum absolute atomic E-state index is 12.6. The SMILES string of the molecule is Cc1cc(C)c2c(c1)C(=NNC(=O)c1ccc(CSc3nncn3C)cc1)CCC2. The molecule has 1 heterocycles. The molecule has 1 aliphatic carbocycles. The van der Waals surface area contributed by atoms with Crippen molar-refractivity contribution in [2.45, 2.75) is 44.0 Å². The molecule has 0 bridgehead atoms. The van der Waals surface area contributed by atoms with Crippen molar-refractivity contribution in [2.24, 2.45) is 12.1 Å². The summed E-state index contributed by atoms with van der Waals surface area (Å²) in [7, 11) is 1.92.